The molecule has 1 aromatic heterocycles. The van der Waals surface area contributed by atoms with Gasteiger partial charge in [-0.1, -0.05) is 18.2 Å². The molecule has 1 unspecified atom stereocenters. The Kier molecular flexibility index (Phi) is 4.73. The SMILES string of the molecule is CCN(C(=O)c1cc(C)n(-c2ccccc2)c1C)C1CCS(=O)(=O)C1. The molecule has 1 atom stereocenters. The lowest BCUT2D eigenvalue weighted by Gasteiger charge is -2.27. The second-order valence-corrected chi connectivity index (χ2v) is 8.83. The highest BCUT2D eigenvalue weighted by atomic mass is 32.2. The van der Waals surface area contributed by atoms with E-state index in [1.54, 1.807) is 4.90 Å². The monoisotopic (exact) mass is 360 g/mol. The second kappa shape index (κ2) is 6.67. The van der Waals surface area contributed by atoms with E-state index in [0.29, 0.717) is 18.5 Å². The van der Waals surface area contributed by atoms with Gasteiger partial charge in [-0.2, -0.15) is 0 Å². The lowest BCUT2D eigenvalue weighted by molar-refractivity contribution is 0.0707. The van der Waals surface area contributed by atoms with Crippen LogP contribution >= 0.6 is 0 Å². The van der Waals surface area contributed by atoms with Gasteiger partial charge in [0.1, 0.15) is 0 Å². The molecule has 0 aliphatic carbocycles. The normalized spacial score (nSPS) is 19.1. The van der Waals surface area contributed by atoms with Crippen molar-refractivity contribution in [2.24, 2.45) is 0 Å². The van der Waals surface area contributed by atoms with Crippen LogP contribution in [0.4, 0.5) is 0 Å². The summed E-state index contributed by atoms with van der Waals surface area (Å²) in [5.74, 6) is 0.161. The van der Waals surface area contributed by atoms with Crippen molar-refractivity contribution in [3.63, 3.8) is 0 Å². The quantitative estimate of drug-likeness (QED) is 0.842. The molecule has 1 amide bonds. The van der Waals surface area contributed by atoms with Gasteiger partial charge in [0, 0.05) is 29.7 Å². The van der Waals surface area contributed by atoms with Crippen LogP contribution in [0.5, 0.6) is 0 Å². The number of benzene rings is 1. The smallest absolute Gasteiger partial charge is 0.255 e. The first-order valence-electron chi connectivity index (χ1n) is 8.60. The van der Waals surface area contributed by atoms with Gasteiger partial charge in [0.2, 0.25) is 0 Å². The molecule has 3 rings (SSSR count). The van der Waals surface area contributed by atoms with Crippen molar-refractivity contribution in [3.05, 3.63) is 53.3 Å². The number of amides is 1. The Morgan fingerprint density at radius 1 is 1.24 bits per heavy atom. The predicted molar refractivity (Wildman–Crippen MR) is 99.0 cm³/mol. The van der Waals surface area contributed by atoms with Crippen molar-refractivity contribution in [1.29, 1.82) is 0 Å². The summed E-state index contributed by atoms with van der Waals surface area (Å²) in [6.45, 7) is 6.33. The average Bonchev–Trinajstić information content (AvgIpc) is 3.08. The summed E-state index contributed by atoms with van der Waals surface area (Å²) in [4.78, 5) is 14.8. The van der Waals surface area contributed by atoms with E-state index in [9.17, 15) is 13.2 Å². The van der Waals surface area contributed by atoms with E-state index in [4.69, 9.17) is 0 Å². The van der Waals surface area contributed by atoms with Crippen LogP contribution < -0.4 is 0 Å². The molecule has 1 saturated heterocycles. The first kappa shape index (κ1) is 17.7. The van der Waals surface area contributed by atoms with Crippen LogP contribution in [0.1, 0.15) is 35.1 Å². The van der Waals surface area contributed by atoms with Gasteiger partial charge in [0.25, 0.3) is 5.91 Å². The number of rotatable bonds is 4. The molecule has 25 heavy (non-hydrogen) atoms. The number of nitrogens with zero attached hydrogens (tertiary/aromatic N) is 2. The fourth-order valence-electron chi connectivity index (χ4n) is 3.70. The van der Waals surface area contributed by atoms with E-state index >= 15 is 0 Å². The van der Waals surface area contributed by atoms with E-state index in [1.807, 2.05) is 57.2 Å². The minimum absolute atomic E-state index is 0.0734. The first-order chi connectivity index (χ1) is 11.8. The molecule has 0 saturated carbocycles. The lowest BCUT2D eigenvalue weighted by atomic mass is 10.1. The third-order valence-electron chi connectivity index (χ3n) is 4.93. The fraction of sp³-hybridized carbons (Fsp3) is 0.421. The number of hydrogen-bond acceptors (Lipinski definition) is 3. The summed E-state index contributed by atoms with van der Waals surface area (Å²) in [7, 11) is -3.02. The van der Waals surface area contributed by atoms with Crippen LogP contribution in [-0.2, 0) is 9.84 Å². The molecule has 0 N–H and O–H groups in total. The minimum atomic E-state index is -3.02. The fourth-order valence-corrected chi connectivity index (χ4v) is 5.43. The van der Waals surface area contributed by atoms with Crippen LogP contribution in [0.2, 0.25) is 0 Å². The van der Waals surface area contributed by atoms with Crippen molar-refractivity contribution >= 4 is 15.7 Å². The summed E-state index contributed by atoms with van der Waals surface area (Å²) < 4.78 is 25.6. The Morgan fingerprint density at radius 2 is 1.92 bits per heavy atom. The van der Waals surface area contributed by atoms with Gasteiger partial charge in [-0.05, 0) is 45.4 Å². The van der Waals surface area contributed by atoms with Gasteiger partial charge in [0.05, 0.1) is 17.1 Å². The highest BCUT2D eigenvalue weighted by Crippen LogP contribution is 2.25. The Labute approximate surface area is 149 Å². The van der Waals surface area contributed by atoms with E-state index in [0.717, 1.165) is 17.1 Å². The zero-order chi connectivity index (χ0) is 18.2. The van der Waals surface area contributed by atoms with Gasteiger partial charge in [-0.25, -0.2) is 8.42 Å². The molecule has 5 nitrogen and oxygen atoms in total. The molecule has 1 fully saturated rings. The van der Waals surface area contributed by atoms with Crippen molar-refractivity contribution in [3.8, 4) is 5.69 Å². The van der Waals surface area contributed by atoms with Gasteiger partial charge in [-0.3, -0.25) is 4.79 Å². The zero-order valence-electron chi connectivity index (χ0n) is 14.9. The Hall–Kier alpha value is -2.08. The number of carbonyl (C=O) groups excluding carboxylic acids is 1. The Balaban J connectivity index is 1.95. The summed E-state index contributed by atoms with van der Waals surface area (Å²) >= 11 is 0. The van der Waals surface area contributed by atoms with Crippen molar-refractivity contribution in [2.75, 3.05) is 18.1 Å². The highest BCUT2D eigenvalue weighted by Gasteiger charge is 2.35. The average molecular weight is 360 g/mol. The van der Waals surface area contributed by atoms with Gasteiger partial charge in [0.15, 0.2) is 9.84 Å². The molecule has 1 aliphatic heterocycles. The Morgan fingerprint density at radius 3 is 2.48 bits per heavy atom. The summed E-state index contributed by atoms with van der Waals surface area (Å²) in [5.41, 5.74) is 3.53. The van der Waals surface area contributed by atoms with Crippen LogP contribution in [0.15, 0.2) is 36.4 Å². The number of aromatic nitrogens is 1. The summed E-state index contributed by atoms with van der Waals surface area (Å²) in [6, 6.07) is 11.6. The minimum Gasteiger partial charge on any atom is -0.335 e. The molecular weight excluding hydrogens is 336 g/mol. The van der Waals surface area contributed by atoms with E-state index < -0.39 is 9.84 Å². The van der Waals surface area contributed by atoms with Crippen molar-refractivity contribution < 1.29 is 13.2 Å². The number of hydrogen-bond donors (Lipinski definition) is 0. The molecule has 1 aromatic carbocycles. The van der Waals surface area contributed by atoms with Crippen LogP contribution in [0, 0.1) is 13.8 Å². The molecule has 2 heterocycles. The summed E-state index contributed by atoms with van der Waals surface area (Å²) in [5, 5.41) is 0. The van der Waals surface area contributed by atoms with Gasteiger partial charge in [-0.15, -0.1) is 0 Å². The highest BCUT2D eigenvalue weighted by molar-refractivity contribution is 7.91. The predicted octanol–water partition coefficient (Wildman–Crippen LogP) is 2.74. The van der Waals surface area contributed by atoms with E-state index in [1.165, 1.54) is 0 Å². The number of aryl methyl sites for hydroxylation is 1. The zero-order valence-corrected chi connectivity index (χ0v) is 15.7. The maximum absolute atomic E-state index is 13.1. The lowest BCUT2D eigenvalue weighted by Crippen LogP contribution is -2.41. The third kappa shape index (κ3) is 3.35. The molecule has 1 aliphatic rings. The molecule has 0 spiro atoms. The number of para-hydroxylation sites is 1. The van der Waals surface area contributed by atoms with Gasteiger partial charge >= 0.3 is 0 Å². The molecule has 6 heteroatoms. The molecule has 134 valence electrons. The molecule has 0 bridgehead atoms. The number of sulfone groups is 1. The third-order valence-corrected chi connectivity index (χ3v) is 6.68. The molecule has 0 radical (unpaired) electrons. The maximum Gasteiger partial charge on any atom is 0.255 e. The van der Waals surface area contributed by atoms with Crippen LogP contribution in [-0.4, -0.2) is 47.9 Å². The molecule has 2 aromatic rings. The largest absolute Gasteiger partial charge is 0.335 e. The van der Waals surface area contributed by atoms with Crippen LogP contribution in [0.25, 0.3) is 5.69 Å². The van der Waals surface area contributed by atoms with Crippen molar-refractivity contribution in [1.82, 2.24) is 9.47 Å². The second-order valence-electron chi connectivity index (χ2n) is 6.60. The van der Waals surface area contributed by atoms with Crippen LogP contribution in [0.3, 0.4) is 0 Å². The summed E-state index contributed by atoms with van der Waals surface area (Å²) in [6.07, 6.45) is 0.527. The number of carbonyl (C=O) groups is 1. The van der Waals surface area contributed by atoms with Crippen molar-refractivity contribution in [2.45, 2.75) is 33.2 Å². The standard InChI is InChI=1S/C19H24N2O3S/c1-4-20(17-10-11-25(23,24)13-17)19(22)18-12-14(2)21(15(18)3)16-8-6-5-7-9-16/h5-9,12,17H,4,10-11,13H2,1-3H3. The van der Waals surface area contributed by atoms with E-state index in [2.05, 4.69) is 4.57 Å². The maximum atomic E-state index is 13.1. The Bertz CT molecular complexity index is 885. The first-order valence-corrected chi connectivity index (χ1v) is 10.4. The topological polar surface area (TPSA) is 59.4 Å². The van der Waals surface area contributed by atoms with Gasteiger partial charge < -0.3 is 9.47 Å². The van der Waals surface area contributed by atoms with E-state index in [-0.39, 0.29) is 23.5 Å². The molecular formula is C19H24N2O3S.